The topological polar surface area (TPSA) is 42.0 Å². The van der Waals surface area contributed by atoms with Crippen molar-refractivity contribution in [3.63, 3.8) is 0 Å². The number of ketones is 1. The van der Waals surface area contributed by atoms with Crippen LogP contribution in [0.2, 0.25) is 0 Å². The third kappa shape index (κ3) is 5.92. The Labute approximate surface area is 110 Å². The van der Waals surface area contributed by atoms with Crippen LogP contribution in [0.15, 0.2) is 18.3 Å². The molecule has 0 saturated carbocycles. The van der Waals surface area contributed by atoms with E-state index in [0.29, 0.717) is 18.9 Å². The fourth-order valence-corrected chi connectivity index (χ4v) is 1.74. The molecule has 1 heterocycles. The van der Waals surface area contributed by atoms with E-state index >= 15 is 0 Å². The molecular weight excluding hydrogens is 224 g/mol. The average molecular weight is 248 g/mol. The number of pyridine rings is 1. The highest BCUT2D eigenvalue weighted by Crippen LogP contribution is 2.04. The Bertz CT molecular complexity index is 357. The predicted molar refractivity (Wildman–Crippen MR) is 74.7 cm³/mol. The van der Waals surface area contributed by atoms with Crippen molar-refractivity contribution in [2.75, 3.05) is 6.54 Å². The van der Waals surface area contributed by atoms with Gasteiger partial charge < -0.3 is 5.32 Å². The number of rotatable bonds is 8. The zero-order chi connectivity index (χ0) is 13.4. The van der Waals surface area contributed by atoms with Crippen LogP contribution in [-0.2, 0) is 17.6 Å². The lowest BCUT2D eigenvalue weighted by molar-refractivity contribution is -0.118. The maximum atomic E-state index is 11.7. The van der Waals surface area contributed by atoms with Crippen molar-refractivity contribution in [2.24, 2.45) is 0 Å². The highest BCUT2D eigenvalue weighted by atomic mass is 16.1. The number of carbonyl (C=O) groups is 1. The highest BCUT2D eigenvalue weighted by Gasteiger charge is 2.05. The normalized spacial score (nSPS) is 10.9. The van der Waals surface area contributed by atoms with Crippen LogP contribution in [-0.4, -0.2) is 23.4 Å². The van der Waals surface area contributed by atoms with Crippen LogP contribution in [0.5, 0.6) is 0 Å². The minimum Gasteiger partial charge on any atom is -0.315 e. The van der Waals surface area contributed by atoms with Crippen LogP contribution >= 0.6 is 0 Å². The third-order valence-electron chi connectivity index (χ3n) is 2.86. The summed E-state index contributed by atoms with van der Waals surface area (Å²) in [5, 5.41) is 3.31. The summed E-state index contributed by atoms with van der Waals surface area (Å²) in [6.45, 7) is 7.23. The molecule has 0 amide bonds. The Morgan fingerprint density at radius 3 is 2.72 bits per heavy atom. The quantitative estimate of drug-likeness (QED) is 0.719. The van der Waals surface area contributed by atoms with Crippen molar-refractivity contribution >= 4 is 5.78 Å². The number of hydrogen-bond donors (Lipinski definition) is 1. The van der Waals surface area contributed by atoms with Crippen LogP contribution in [0.25, 0.3) is 0 Å². The number of aromatic nitrogens is 1. The molecule has 3 heteroatoms. The van der Waals surface area contributed by atoms with Gasteiger partial charge in [0.15, 0.2) is 0 Å². The van der Waals surface area contributed by atoms with Gasteiger partial charge in [0.1, 0.15) is 5.78 Å². The van der Waals surface area contributed by atoms with Gasteiger partial charge in [-0.25, -0.2) is 0 Å². The van der Waals surface area contributed by atoms with Crippen LogP contribution in [0.3, 0.4) is 0 Å². The SMILES string of the molecule is CCc1ccc(CC(=O)CCCNC(C)C)nc1. The van der Waals surface area contributed by atoms with E-state index in [1.807, 2.05) is 12.3 Å². The molecule has 1 rings (SSSR count). The van der Waals surface area contributed by atoms with Gasteiger partial charge in [0, 0.05) is 30.8 Å². The van der Waals surface area contributed by atoms with Crippen molar-refractivity contribution in [3.8, 4) is 0 Å². The highest BCUT2D eigenvalue weighted by molar-refractivity contribution is 5.80. The van der Waals surface area contributed by atoms with Crippen LogP contribution < -0.4 is 5.32 Å². The largest absolute Gasteiger partial charge is 0.315 e. The molecule has 0 bridgehead atoms. The van der Waals surface area contributed by atoms with E-state index in [4.69, 9.17) is 0 Å². The van der Waals surface area contributed by atoms with Gasteiger partial charge in [-0.05, 0) is 31.0 Å². The molecule has 0 aliphatic heterocycles. The Balaban J connectivity index is 2.26. The first-order valence-corrected chi connectivity index (χ1v) is 6.80. The molecule has 1 aromatic rings. The number of hydrogen-bond acceptors (Lipinski definition) is 3. The zero-order valence-electron chi connectivity index (χ0n) is 11.7. The average Bonchev–Trinajstić information content (AvgIpc) is 2.35. The monoisotopic (exact) mass is 248 g/mol. The smallest absolute Gasteiger partial charge is 0.138 e. The molecule has 0 fully saturated rings. The molecule has 100 valence electrons. The summed E-state index contributed by atoms with van der Waals surface area (Å²) >= 11 is 0. The Morgan fingerprint density at radius 2 is 2.17 bits per heavy atom. The maximum Gasteiger partial charge on any atom is 0.138 e. The summed E-state index contributed by atoms with van der Waals surface area (Å²) in [7, 11) is 0. The van der Waals surface area contributed by atoms with Gasteiger partial charge in [0.2, 0.25) is 0 Å². The van der Waals surface area contributed by atoms with Crippen molar-refractivity contribution in [3.05, 3.63) is 29.6 Å². The second-order valence-corrected chi connectivity index (χ2v) is 4.94. The molecule has 0 atom stereocenters. The number of nitrogens with zero attached hydrogens (tertiary/aromatic N) is 1. The molecule has 18 heavy (non-hydrogen) atoms. The summed E-state index contributed by atoms with van der Waals surface area (Å²) in [6.07, 6.45) is 4.86. The second-order valence-electron chi connectivity index (χ2n) is 4.94. The summed E-state index contributed by atoms with van der Waals surface area (Å²) < 4.78 is 0. The van der Waals surface area contributed by atoms with Crippen molar-refractivity contribution in [1.82, 2.24) is 10.3 Å². The van der Waals surface area contributed by atoms with Crippen LogP contribution in [0.4, 0.5) is 0 Å². The van der Waals surface area contributed by atoms with E-state index in [2.05, 4.69) is 37.1 Å². The van der Waals surface area contributed by atoms with E-state index in [9.17, 15) is 4.79 Å². The first kappa shape index (κ1) is 14.8. The molecule has 1 N–H and O–H groups in total. The Morgan fingerprint density at radius 1 is 1.39 bits per heavy atom. The van der Waals surface area contributed by atoms with Gasteiger partial charge >= 0.3 is 0 Å². The lowest BCUT2D eigenvalue weighted by Gasteiger charge is -2.07. The predicted octanol–water partition coefficient (Wildman–Crippen LogP) is 2.53. The summed E-state index contributed by atoms with van der Waals surface area (Å²) in [5.41, 5.74) is 2.10. The molecule has 1 aromatic heterocycles. The van der Waals surface area contributed by atoms with Gasteiger partial charge in [-0.3, -0.25) is 9.78 Å². The molecule has 0 spiro atoms. The molecule has 0 radical (unpaired) electrons. The van der Waals surface area contributed by atoms with Gasteiger partial charge in [0.25, 0.3) is 0 Å². The minimum absolute atomic E-state index is 0.275. The van der Waals surface area contributed by atoms with Crippen molar-refractivity contribution < 1.29 is 4.79 Å². The van der Waals surface area contributed by atoms with E-state index in [0.717, 1.165) is 25.1 Å². The summed E-state index contributed by atoms with van der Waals surface area (Å²) in [5.74, 6) is 0.275. The van der Waals surface area contributed by atoms with Crippen LogP contribution in [0.1, 0.15) is 44.9 Å². The van der Waals surface area contributed by atoms with Crippen molar-refractivity contribution in [1.29, 1.82) is 0 Å². The van der Waals surface area contributed by atoms with Gasteiger partial charge in [-0.15, -0.1) is 0 Å². The maximum absolute atomic E-state index is 11.7. The fourth-order valence-electron chi connectivity index (χ4n) is 1.74. The van der Waals surface area contributed by atoms with Crippen LogP contribution in [0, 0.1) is 0 Å². The Kier molecular flexibility index (Phi) is 6.58. The van der Waals surface area contributed by atoms with Gasteiger partial charge in [0.05, 0.1) is 0 Å². The molecule has 0 aromatic carbocycles. The molecule has 0 unspecified atom stereocenters. The summed E-state index contributed by atoms with van der Waals surface area (Å²) in [4.78, 5) is 16.1. The lowest BCUT2D eigenvalue weighted by Crippen LogP contribution is -2.24. The second kappa shape index (κ2) is 7.98. The standard InChI is InChI=1S/C15H24N2O/c1-4-13-7-8-14(17-11-13)10-15(18)6-5-9-16-12(2)3/h7-8,11-12,16H,4-6,9-10H2,1-3H3. The lowest BCUT2D eigenvalue weighted by atomic mass is 10.1. The van der Waals surface area contributed by atoms with Crippen molar-refractivity contribution in [2.45, 2.75) is 52.5 Å². The molecule has 0 saturated heterocycles. The first-order valence-electron chi connectivity index (χ1n) is 6.80. The number of carbonyl (C=O) groups excluding carboxylic acids is 1. The number of aryl methyl sites for hydroxylation is 1. The zero-order valence-corrected chi connectivity index (χ0v) is 11.7. The van der Waals surface area contributed by atoms with E-state index in [1.54, 1.807) is 0 Å². The van der Waals surface area contributed by atoms with E-state index < -0.39 is 0 Å². The summed E-state index contributed by atoms with van der Waals surface area (Å²) in [6, 6.07) is 4.50. The van der Waals surface area contributed by atoms with Gasteiger partial charge in [-0.2, -0.15) is 0 Å². The molecule has 0 aliphatic rings. The molecular formula is C15H24N2O. The van der Waals surface area contributed by atoms with E-state index in [-0.39, 0.29) is 5.78 Å². The number of Topliss-reactive ketones (excluding diaryl/α,β-unsaturated/α-hetero) is 1. The fraction of sp³-hybridized carbons (Fsp3) is 0.600. The molecule has 0 aliphatic carbocycles. The van der Waals surface area contributed by atoms with E-state index in [1.165, 1.54) is 5.56 Å². The first-order chi connectivity index (χ1) is 8.61. The Hall–Kier alpha value is -1.22. The molecule has 3 nitrogen and oxygen atoms in total. The minimum atomic E-state index is 0.275. The van der Waals surface area contributed by atoms with Gasteiger partial charge in [-0.1, -0.05) is 26.8 Å². The third-order valence-corrected chi connectivity index (χ3v) is 2.86. The number of nitrogens with one attached hydrogen (secondary N) is 1.